The van der Waals surface area contributed by atoms with Crippen LogP contribution in [-0.4, -0.2) is 41.3 Å². The zero-order valence-corrected chi connectivity index (χ0v) is 25.2. The fraction of sp³-hybridized carbons (Fsp3) is 0.429. The number of carbonyl (C=O) groups excluding carboxylic acids is 2. The van der Waals surface area contributed by atoms with Crippen LogP contribution < -0.4 is 5.32 Å². The van der Waals surface area contributed by atoms with E-state index in [0.717, 1.165) is 17.7 Å². The fourth-order valence-electron chi connectivity index (χ4n) is 5.29. The summed E-state index contributed by atoms with van der Waals surface area (Å²) < 4.78 is 11.5. The summed E-state index contributed by atoms with van der Waals surface area (Å²) in [5.41, 5.74) is 3.20. The first-order valence-electron chi connectivity index (χ1n) is 14.5. The third-order valence-electron chi connectivity index (χ3n) is 7.11. The Morgan fingerprint density at radius 1 is 0.829 bits per heavy atom. The summed E-state index contributed by atoms with van der Waals surface area (Å²) >= 11 is 0. The Hall–Kier alpha value is -3.80. The molecule has 4 rings (SSSR count). The third kappa shape index (κ3) is 8.84. The summed E-state index contributed by atoms with van der Waals surface area (Å²) in [5.74, 6) is -0.621. The smallest absolute Gasteiger partial charge is 0.410 e. The molecule has 1 saturated heterocycles. The van der Waals surface area contributed by atoms with Crippen molar-refractivity contribution in [1.29, 1.82) is 0 Å². The van der Waals surface area contributed by atoms with Crippen molar-refractivity contribution in [2.24, 2.45) is 11.8 Å². The first kappa shape index (κ1) is 30.2. The molecule has 1 N–H and O–H groups in total. The molecule has 41 heavy (non-hydrogen) atoms. The SMILES string of the molecule is CC(C)(C)OC(=O)[C@@H](Cc1cccc(NC(c2ccccc2)c2ccccc2)c1)[C@H]1CCN(C(=O)OC(C)(C)C)C1. The van der Waals surface area contributed by atoms with E-state index >= 15 is 0 Å². The van der Waals surface area contributed by atoms with E-state index in [1.807, 2.05) is 59.7 Å². The molecule has 6 heteroatoms. The Labute approximate surface area is 245 Å². The van der Waals surface area contributed by atoms with E-state index in [1.165, 1.54) is 11.1 Å². The van der Waals surface area contributed by atoms with Crippen LogP contribution in [0.3, 0.4) is 0 Å². The number of amides is 1. The van der Waals surface area contributed by atoms with Gasteiger partial charge in [0.1, 0.15) is 11.2 Å². The van der Waals surface area contributed by atoms with Crippen molar-refractivity contribution in [3.05, 3.63) is 102 Å². The lowest BCUT2D eigenvalue weighted by molar-refractivity contribution is -0.161. The maximum Gasteiger partial charge on any atom is 0.410 e. The van der Waals surface area contributed by atoms with Gasteiger partial charge in [0.15, 0.2) is 0 Å². The molecule has 0 radical (unpaired) electrons. The molecule has 218 valence electrons. The van der Waals surface area contributed by atoms with Crippen LogP contribution in [0.15, 0.2) is 84.9 Å². The van der Waals surface area contributed by atoms with Gasteiger partial charge in [-0.3, -0.25) is 4.79 Å². The minimum Gasteiger partial charge on any atom is -0.460 e. The Balaban J connectivity index is 1.55. The number of nitrogens with zero attached hydrogens (tertiary/aromatic N) is 1. The van der Waals surface area contributed by atoms with Crippen LogP contribution in [0.1, 0.15) is 70.7 Å². The van der Waals surface area contributed by atoms with E-state index in [1.54, 1.807) is 4.90 Å². The average molecular weight is 557 g/mol. The fourth-order valence-corrected chi connectivity index (χ4v) is 5.29. The predicted octanol–water partition coefficient (Wildman–Crippen LogP) is 7.65. The second kappa shape index (κ2) is 12.8. The molecule has 1 fully saturated rings. The average Bonchev–Trinajstić information content (AvgIpc) is 3.40. The van der Waals surface area contributed by atoms with Crippen LogP contribution in [0.5, 0.6) is 0 Å². The molecule has 0 unspecified atom stereocenters. The van der Waals surface area contributed by atoms with Crippen molar-refractivity contribution >= 4 is 17.7 Å². The normalized spacial score (nSPS) is 16.4. The van der Waals surface area contributed by atoms with Crippen LogP contribution >= 0.6 is 0 Å². The number of carbonyl (C=O) groups is 2. The van der Waals surface area contributed by atoms with Gasteiger partial charge in [-0.05, 0) is 89.1 Å². The van der Waals surface area contributed by atoms with E-state index in [4.69, 9.17) is 9.47 Å². The highest BCUT2D eigenvalue weighted by molar-refractivity contribution is 5.74. The van der Waals surface area contributed by atoms with Gasteiger partial charge in [0, 0.05) is 18.8 Å². The highest BCUT2D eigenvalue weighted by Gasteiger charge is 2.39. The van der Waals surface area contributed by atoms with Gasteiger partial charge in [-0.25, -0.2) is 4.79 Å². The number of hydrogen-bond donors (Lipinski definition) is 1. The van der Waals surface area contributed by atoms with Gasteiger partial charge >= 0.3 is 12.1 Å². The third-order valence-corrected chi connectivity index (χ3v) is 7.11. The number of ether oxygens (including phenoxy) is 2. The molecule has 0 bridgehead atoms. The number of hydrogen-bond acceptors (Lipinski definition) is 5. The van der Waals surface area contributed by atoms with Gasteiger partial charge in [-0.15, -0.1) is 0 Å². The summed E-state index contributed by atoms with van der Waals surface area (Å²) in [6.45, 7) is 12.3. The summed E-state index contributed by atoms with van der Waals surface area (Å²) in [6, 6.07) is 29.0. The number of nitrogens with one attached hydrogen (secondary N) is 1. The quantitative estimate of drug-likeness (QED) is 0.289. The molecule has 1 aliphatic heterocycles. The molecule has 0 saturated carbocycles. The first-order chi connectivity index (χ1) is 19.4. The minimum atomic E-state index is -0.596. The van der Waals surface area contributed by atoms with E-state index < -0.39 is 11.2 Å². The van der Waals surface area contributed by atoms with Crippen molar-refractivity contribution in [2.45, 2.75) is 71.6 Å². The van der Waals surface area contributed by atoms with Gasteiger partial charge < -0.3 is 19.7 Å². The van der Waals surface area contributed by atoms with Crippen molar-refractivity contribution in [3.63, 3.8) is 0 Å². The van der Waals surface area contributed by atoms with Crippen LogP contribution in [-0.2, 0) is 20.7 Å². The Kier molecular flexibility index (Phi) is 9.42. The van der Waals surface area contributed by atoms with Crippen molar-refractivity contribution in [3.8, 4) is 0 Å². The maximum absolute atomic E-state index is 13.5. The zero-order valence-electron chi connectivity index (χ0n) is 25.2. The number of anilines is 1. The topological polar surface area (TPSA) is 67.9 Å². The van der Waals surface area contributed by atoms with E-state index in [9.17, 15) is 9.59 Å². The number of likely N-dealkylation sites (tertiary alicyclic amines) is 1. The second-order valence-electron chi connectivity index (χ2n) is 12.9. The van der Waals surface area contributed by atoms with E-state index in [2.05, 4.69) is 72.0 Å². The summed E-state index contributed by atoms with van der Waals surface area (Å²) in [6.07, 6.45) is 0.922. The summed E-state index contributed by atoms with van der Waals surface area (Å²) in [4.78, 5) is 28.0. The Morgan fingerprint density at radius 2 is 1.41 bits per heavy atom. The molecular weight excluding hydrogens is 512 g/mol. The van der Waals surface area contributed by atoms with Crippen molar-refractivity contribution in [1.82, 2.24) is 4.90 Å². The Bertz CT molecular complexity index is 1260. The molecule has 1 amide bonds. The lowest BCUT2D eigenvalue weighted by atomic mass is 9.85. The molecule has 0 spiro atoms. The number of benzene rings is 3. The molecule has 1 aliphatic rings. The lowest BCUT2D eigenvalue weighted by Gasteiger charge is -2.28. The molecule has 0 aromatic heterocycles. The van der Waals surface area contributed by atoms with Crippen LogP contribution in [0.2, 0.25) is 0 Å². The molecular formula is C35H44N2O4. The molecule has 2 atom stereocenters. The largest absolute Gasteiger partial charge is 0.460 e. The molecule has 3 aromatic rings. The van der Waals surface area contributed by atoms with E-state index in [0.29, 0.717) is 19.5 Å². The first-order valence-corrected chi connectivity index (χ1v) is 14.5. The molecule has 6 nitrogen and oxygen atoms in total. The van der Waals surface area contributed by atoms with Gasteiger partial charge in [-0.1, -0.05) is 72.8 Å². The summed E-state index contributed by atoms with van der Waals surface area (Å²) in [7, 11) is 0. The molecule has 0 aliphatic carbocycles. The van der Waals surface area contributed by atoms with Gasteiger partial charge in [0.05, 0.1) is 12.0 Å². The molecule has 1 heterocycles. The van der Waals surface area contributed by atoms with Crippen LogP contribution in [0, 0.1) is 11.8 Å². The van der Waals surface area contributed by atoms with Crippen LogP contribution in [0.4, 0.5) is 10.5 Å². The zero-order chi connectivity index (χ0) is 29.6. The highest BCUT2D eigenvalue weighted by Crippen LogP contribution is 2.32. The van der Waals surface area contributed by atoms with Crippen LogP contribution in [0.25, 0.3) is 0 Å². The second-order valence-corrected chi connectivity index (χ2v) is 12.9. The number of rotatable bonds is 8. The van der Waals surface area contributed by atoms with E-state index in [-0.39, 0.29) is 29.9 Å². The monoisotopic (exact) mass is 556 g/mol. The van der Waals surface area contributed by atoms with Crippen molar-refractivity contribution in [2.75, 3.05) is 18.4 Å². The molecule has 3 aromatic carbocycles. The van der Waals surface area contributed by atoms with Crippen molar-refractivity contribution < 1.29 is 19.1 Å². The predicted molar refractivity (Wildman–Crippen MR) is 164 cm³/mol. The lowest BCUT2D eigenvalue weighted by Crippen LogP contribution is -2.38. The van der Waals surface area contributed by atoms with Gasteiger partial charge in [0.25, 0.3) is 0 Å². The van der Waals surface area contributed by atoms with Gasteiger partial charge in [0.2, 0.25) is 0 Å². The standard InChI is InChI=1S/C35H44N2O4/c1-34(2,3)40-32(38)30(28-20-21-37(24-28)33(39)41-35(4,5)6)23-25-14-13-19-29(22-25)36-31(26-15-9-7-10-16-26)27-17-11-8-12-18-27/h7-19,22,28,30-31,36H,20-21,23-24H2,1-6H3/t28-,30-/m0/s1. The maximum atomic E-state index is 13.5. The van der Waals surface area contributed by atoms with Gasteiger partial charge in [-0.2, -0.15) is 0 Å². The summed E-state index contributed by atoms with van der Waals surface area (Å²) in [5, 5.41) is 3.72. The number of esters is 1. The highest BCUT2D eigenvalue weighted by atomic mass is 16.6. The Morgan fingerprint density at radius 3 is 1.98 bits per heavy atom. The minimum absolute atomic E-state index is 0.0182.